The Bertz CT molecular complexity index is 368. The number of nitrogens with zero attached hydrogens (tertiary/aromatic N) is 1. The Kier molecular flexibility index (Phi) is 5.82. The van der Waals surface area contributed by atoms with Crippen LogP contribution in [0.4, 0.5) is 11.6 Å². The number of hydrogen-bond acceptors (Lipinski definition) is 4. The molecule has 0 aliphatic carbocycles. The van der Waals surface area contributed by atoms with Crippen LogP contribution in [0.15, 0.2) is 6.07 Å². The molecule has 0 fully saturated rings. The molecule has 0 spiro atoms. The number of halogens is 2. The maximum Gasteiger partial charge on any atom is 0.147 e. The zero-order valence-corrected chi connectivity index (χ0v) is 11.5. The van der Waals surface area contributed by atoms with Crippen molar-refractivity contribution in [1.29, 1.82) is 0 Å². The summed E-state index contributed by atoms with van der Waals surface area (Å²) in [4.78, 5) is 4.12. The second-order valence-corrected chi connectivity index (χ2v) is 4.59. The van der Waals surface area contributed by atoms with Crippen molar-refractivity contribution in [3.63, 3.8) is 0 Å². The highest BCUT2D eigenvalue weighted by Crippen LogP contribution is 2.28. The monoisotopic (exact) mass is 277 g/mol. The lowest BCUT2D eigenvalue weighted by Crippen LogP contribution is -2.25. The maximum absolute atomic E-state index is 6.04. The van der Waals surface area contributed by atoms with Gasteiger partial charge in [-0.05, 0) is 12.5 Å². The van der Waals surface area contributed by atoms with E-state index in [0.717, 1.165) is 12.8 Å². The van der Waals surface area contributed by atoms with Crippen molar-refractivity contribution in [2.45, 2.75) is 25.8 Å². The first-order chi connectivity index (χ1) is 8.08. The lowest BCUT2D eigenvalue weighted by molar-refractivity contribution is 0.182. The number of aromatic nitrogens is 1. The number of nitrogens with one attached hydrogen (secondary N) is 1. The van der Waals surface area contributed by atoms with Crippen LogP contribution in [-0.2, 0) is 4.74 Å². The first-order valence-electron chi connectivity index (χ1n) is 5.45. The van der Waals surface area contributed by atoms with Crippen molar-refractivity contribution in [2.24, 2.45) is 0 Å². The van der Waals surface area contributed by atoms with Crippen LogP contribution >= 0.6 is 23.2 Å². The average molecular weight is 278 g/mol. The SMILES string of the molecule is CCCC(COC)Nc1nc(N)c(Cl)cc1Cl. The second-order valence-electron chi connectivity index (χ2n) is 3.77. The Hall–Kier alpha value is -0.710. The van der Waals surface area contributed by atoms with Gasteiger partial charge >= 0.3 is 0 Å². The predicted molar refractivity (Wildman–Crippen MR) is 72.9 cm³/mol. The Morgan fingerprint density at radius 2 is 2.18 bits per heavy atom. The van der Waals surface area contributed by atoms with E-state index in [0.29, 0.717) is 22.5 Å². The highest BCUT2D eigenvalue weighted by Gasteiger charge is 2.12. The molecule has 17 heavy (non-hydrogen) atoms. The van der Waals surface area contributed by atoms with E-state index in [2.05, 4.69) is 17.2 Å². The third-order valence-electron chi connectivity index (χ3n) is 2.30. The van der Waals surface area contributed by atoms with E-state index in [4.69, 9.17) is 33.7 Å². The van der Waals surface area contributed by atoms with Gasteiger partial charge < -0.3 is 15.8 Å². The summed E-state index contributed by atoms with van der Waals surface area (Å²) in [6.45, 7) is 2.70. The summed E-state index contributed by atoms with van der Waals surface area (Å²) >= 11 is 11.9. The second kappa shape index (κ2) is 6.89. The van der Waals surface area contributed by atoms with Crippen molar-refractivity contribution in [3.05, 3.63) is 16.1 Å². The lowest BCUT2D eigenvalue weighted by Gasteiger charge is -2.18. The number of pyridine rings is 1. The highest BCUT2D eigenvalue weighted by molar-refractivity contribution is 6.37. The van der Waals surface area contributed by atoms with Crippen molar-refractivity contribution < 1.29 is 4.74 Å². The third-order valence-corrected chi connectivity index (χ3v) is 2.89. The van der Waals surface area contributed by atoms with Crippen LogP contribution in [0.25, 0.3) is 0 Å². The molecule has 6 heteroatoms. The molecule has 0 bridgehead atoms. The van der Waals surface area contributed by atoms with Gasteiger partial charge in [-0.15, -0.1) is 0 Å². The minimum Gasteiger partial charge on any atom is -0.383 e. The molecule has 3 N–H and O–H groups in total. The van der Waals surface area contributed by atoms with Gasteiger partial charge in [0.1, 0.15) is 11.6 Å². The van der Waals surface area contributed by atoms with E-state index in [9.17, 15) is 0 Å². The standard InChI is InChI=1S/C11H17Cl2N3O/c1-3-4-7(6-17-2)15-11-9(13)5-8(12)10(14)16-11/h5,7H,3-4,6H2,1-2H3,(H3,14,15,16). The number of nitrogen functional groups attached to an aromatic ring is 1. The minimum atomic E-state index is 0.163. The third kappa shape index (κ3) is 4.22. The van der Waals surface area contributed by atoms with Crippen molar-refractivity contribution >= 4 is 34.8 Å². The summed E-state index contributed by atoms with van der Waals surface area (Å²) in [6, 6.07) is 1.75. The molecule has 0 amide bonds. The summed E-state index contributed by atoms with van der Waals surface area (Å²) in [6.07, 6.45) is 2.01. The van der Waals surface area contributed by atoms with Gasteiger partial charge in [0.15, 0.2) is 0 Å². The zero-order valence-electron chi connectivity index (χ0n) is 9.96. The van der Waals surface area contributed by atoms with E-state index in [1.807, 2.05) is 0 Å². The van der Waals surface area contributed by atoms with E-state index in [1.54, 1.807) is 13.2 Å². The van der Waals surface area contributed by atoms with E-state index < -0.39 is 0 Å². The molecular formula is C11H17Cl2N3O. The van der Waals surface area contributed by atoms with Gasteiger partial charge in [0.2, 0.25) is 0 Å². The number of hydrogen-bond donors (Lipinski definition) is 2. The number of nitrogens with two attached hydrogens (primary N) is 1. The van der Waals surface area contributed by atoms with Gasteiger partial charge in [-0.3, -0.25) is 0 Å². The Labute approximate surface area is 111 Å². The molecular weight excluding hydrogens is 261 g/mol. The molecule has 1 unspecified atom stereocenters. The molecule has 1 aromatic heterocycles. The molecule has 1 rings (SSSR count). The largest absolute Gasteiger partial charge is 0.383 e. The fourth-order valence-corrected chi connectivity index (χ4v) is 1.94. The van der Waals surface area contributed by atoms with Gasteiger partial charge in [-0.2, -0.15) is 0 Å². The van der Waals surface area contributed by atoms with Crippen molar-refractivity contribution in [2.75, 3.05) is 24.8 Å². The van der Waals surface area contributed by atoms with Crippen LogP contribution in [0, 0.1) is 0 Å². The van der Waals surface area contributed by atoms with Crippen LogP contribution < -0.4 is 11.1 Å². The Morgan fingerprint density at radius 3 is 2.76 bits per heavy atom. The average Bonchev–Trinajstić information content (AvgIpc) is 2.26. The molecule has 0 radical (unpaired) electrons. The van der Waals surface area contributed by atoms with Gasteiger partial charge in [0.05, 0.1) is 22.7 Å². The molecule has 0 aromatic carbocycles. The van der Waals surface area contributed by atoms with Crippen molar-refractivity contribution in [1.82, 2.24) is 4.98 Å². The van der Waals surface area contributed by atoms with Crippen LogP contribution in [0.1, 0.15) is 19.8 Å². The topological polar surface area (TPSA) is 60.2 Å². The summed E-state index contributed by atoms with van der Waals surface area (Å²) in [5.74, 6) is 0.815. The van der Waals surface area contributed by atoms with Crippen LogP contribution in [-0.4, -0.2) is 24.7 Å². The number of ether oxygens (including phenoxy) is 1. The predicted octanol–water partition coefficient (Wildman–Crippen LogP) is 3.20. The molecule has 0 aliphatic heterocycles. The smallest absolute Gasteiger partial charge is 0.147 e. The molecule has 0 saturated heterocycles. The van der Waals surface area contributed by atoms with Gasteiger partial charge in [-0.25, -0.2) is 4.98 Å². The normalized spacial score (nSPS) is 12.5. The summed E-state index contributed by atoms with van der Waals surface area (Å²) in [5.41, 5.74) is 5.64. The van der Waals surface area contributed by atoms with E-state index >= 15 is 0 Å². The zero-order chi connectivity index (χ0) is 12.8. The lowest BCUT2D eigenvalue weighted by atomic mass is 10.2. The molecule has 1 heterocycles. The molecule has 0 aliphatic rings. The number of rotatable bonds is 6. The van der Waals surface area contributed by atoms with Crippen LogP contribution in [0.5, 0.6) is 0 Å². The highest BCUT2D eigenvalue weighted by atomic mass is 35.5. The maximum atomic E-state index is 6.04. The molecule has 4 nitrogen and oxygen atoms in total. The summed E-state index contributed by atoms with van der Waals surface area (Å²) in [7, 11) is 1.66. The van der Waals surface area contributed by atoms with Gasteiger partial charge in [0, 0.05) is 7.11 Å². The van der Waals surface area contributed by atoms with Crippen molar-refractivity contribution in [3.8, 4) is 0 Å². The number of methoxy groups -OCH3 is 1. The minimum absolute atomic E-state index is 0.163. The Morgan fingerprint density at radius 1 is 1.47 bits per heavy atom. The number of anilines is 2. The molecule has 96 valence electrons. The first kappa shape index (κ1) is 14.4. The first-order valence-corrected chi connectivity index (χ1v) is 6.21. The fourth-order valence-electron chi connectivity index (χ4n) is 1.52. The Balaban J connectivity index is 2.81. The van der Waals surface area contributed by atoms with Gasteiger partial charge in [-0.1, -0.05) is 36.5 Å². The van der Waals surface area contributed by atoms with E-state index in [-0.39, 0.29) is 11.9 Å². The molecule has 1 aromatic rings. The van der Waals surface area contributed by atoms with Gasteiger partial charge in [0.25, 0.3) is 0 Å². The molecule has 1 atom stereocenters. The summed E-state index contributed by atoms with van der Waals surface area (Å²) < 4.78 is 5.13. The molecule has 0 saturated carbocycles. The van der Waals surface area contributed by atoms with Crippen LogP contribution in [0.3, 0.4) is 0 Å². The quantitative estimate of drug-likeness (QED) is 0.839. The van der Waals surface area contributed by atoms with Crippen LogP contribution in [0.2, 0.25) is 10.0 Å². The fraction of sp³-hybridized carbons (Fsp3) is 0.545. The van der Waals surface area contributed by atoms with E-state index in [1.165, 1.54) is 0 Å². The summed E-state index contributed by atoms with van der Waals surface area (Å²) in [5, 5.41) is 4.03.